The summed E-state index contributed by atoms with van der Waals surface area (Å²) in [4.78, 5) is 13.5. The van der Waals surface area contributed by atoms with E-state index in [0.29, 0.717) is 35.1 Å². The Morgan fingerprint density at radius 2 is 2.14 bits per heavy atom. The van der Waals surface area contributed by atoms with Gasteiger partial charge in [-0.3, -0.25) is 4.79 Å². The van der Waals surface area contributed by atoms with Gasteiger partial charge in [-0.25, -0.2) is 0 Å². The molecule has 0 fully saturated rings. The Labute approximate surface area is 173 Å². The predicted octanol–water partition coefficient (Wildman–Crippen LogP) is 5.39. The summed E-state index contributed by atoms with van der Waals surface area (Å²) >= 11 is 7.55. The Hall–Kier alpha value is -2.62. The number of carbonyl (C=O) groups is 1. The lowest BCUT2D eigenvalue weighted by Gasteiger charge is -2.12. The Morgan fingerprint density at radius 3 is 2.82 bits per heavy atom. The van der Waals surface area contributed by atoms with Crippen molar-refractivity contribution in [3.63, 3.8) is 0 Å². The molecule has 7 heteroatoms. The molecule has 144 valence electrons. The minimum atomic E-state index is -0.135. The number of anilines is 1. The number of carbonyl (C=O) groups excluding carboxylic acids is 1. The summed E-state index contributed by atoms with van der Waals surface area (Å²) in [6.45, 7) is 4.27. The molecule has 1 aromatic carbocycles. The molecule has 0 aliphatic carbocycles. The maximum Gasteiger partial charge on any atom is 0.226 e. The second-order valence-corrected chi connectivity index (χ2v) is 7.92. The number of nitrogens with zero attached hydrogens (tertiary/aromatic N) is 2. The van der Waals surface area contributed by atoms with Gasteiger partial charge in [0.05, 0.1) is 18.4 Å². The summed E-state index contributed by atoms with van der Waals surface area (Å²) in [5, 5.41) is 13.2. The number of nitriles is 1. The Balaban J connectivity index is 1.70. The van der Waals surface area contributed by atoms with Gasteiger partial charge in [-0.05, 0) is 49.7 Å². The van der Waals surface area contributed by atoms with Gasteiger partial charge >= 0.3 is 0 Å². The third-order valence-corrected chi connectivity index (χ3v) is 5.72. The molecule has 0 spiro atoms. The lowest BCUT2D eigenvalue weighted by atomic mass is 10.2. The molecule has 0 bridgehead atoms. The van der Waals surface area contributed by atoms with E-state index < -0.39 is 0 Å². The highest BCUT2D eigenvalue weighted by Gasteiger charge is 2.20. The van der Waals surface area contributed by atoms with Crippen molar-refractivity contribution in [2.45, 2.75) is 31.7 Å². The first-order chi connectivity index (χ1) is 13.5. The summed E-state index contributed by atoms with van der Waals surface area (Å²) in [6.07, 6.45) is 1.93. The number of amides is 1. The van der Waals surface area contributed by atoms with E-state index in [4.69, 9.17) is 16.0 Å². The standard InChI is InChI=1S/C21H20ClN3O2S/c1-14-15(2)25(13-17-6-4-9-27-17)21(19(14)12-23)24-20(26)8-10-28-18-7-3-5-16(22)11-18/h3-7,9,11H,8,10,13H2,1-2H3,(H,24,26). The highest BCUT2D eigenvalue weighted by atomic mass is 35.5. The summed E-state index contributed by atoms with van der Waals surface area (Å²) in [6, 6.07) is 13.4. The van der Waals surface area contributed by atoms with Gasteiger partial charge in [0, 0.05) is 27.8 Å². The van der Waals surface area contributed by atoms with Gasteiger partial charge in [-0.1, -0.05) is 17.7 Å². The van der Waals surface area contributed by atoms with Crippen LogP contribution in [0.15, 0.2) is 52.0 Å². The number of thioether (sulfide) groups is 1. The van der Waals surface area contributed by atoms with E-state index in [9.17, 15) is 10.1 Å². The van der Waals surface area contributed by atoms with Gasteiger partial charge in [0.1, 0.15) is 17.6 Å². The number of nitrogens with one attached hydrogen (secondary N) is 1. The minimum Gasteiger partial charge on any atom is -0.467 e. The molecular weight excluding hydrogens is 394 g/mol. The third-order valence-electron chi connectivity index (χ3n) is 4.49. The molecule has 0 unspecified atom stereocenters. The monoisotopic (exact) mass is 413 g/mol. The van der Waals surface area contributed by atoms with Crippen molar-refractivity contribution in [2.24, 2.45) is 0 Å². The molecule has 2 aromatic heterocycles. The average Bonchev–Trinajstić information content (AvgIpc) is 3.25. The second kappa shape index (κ2) is 9.05. The van der Waals surface area contributed by atoms with Crippen LogP contribution in [0.3, 0.4) is 0 Å². The fourth-order valence-corrected chi connectivity index (χ4v) is 4.06. The molecule has 0 aliphatic rings. The van der Waals surface area contributed by atoms with Crippen LogP contribution in [0.1, 0.15) is 29.0 Å². The van der Waals surface area contributed by atoms with E-state index in [1.54, 1.807) is 18.0 Å². The van der Waals surface area contributed by atoms with Crippen molar-refractivity contribution in [3.05, 3.63) is 70.3 Å². The van der Waals surface area contributed by atoms with E-state index in [2.05, 4.69) is 11.4 Å². The molecule has 2 heterocycles. The van der Waals surface area contributed by atoms with Gasteiger partial charge in [-0.2, -0.15) is 5.26 Å². The summed E-state index contributed by atoms with van der Waals surface area (Å²) in [5.41, 5.74) is 2.27. The molecule has 0 atom stereocenters. The van der Waals surface area contributed by atoms with Crippen molar-refractivity contribution in [2.75, 3.05) is 11.1 Å². The number of rotatable bonds is 7. The first-order valence-electron chi connectivity index (χ1n) is 8.80. The Morgan fingerprint density at radius 1 is 1.32 bits per heavy atom. The van der Waals surface area contributed by atoms with Gasteiger partial charge in [0.15, 0.2) is 0 Å². The van der Waals surface area contributed by atoms with Crippen molar-refractivity contribution in [3.8, 4) is 6.07 Å². The van der Waals surface area contributed by atoms with Crippen LogP contribution >= 0.6 is 23.4 Å². The fraction of sp³-hybridized carbons (Fsp3) is 0.238. The normalized spacial score (nSPS) is 10.6. The molecule has 1 N–H and O–H groups in total. The molecule has 3 rings (SSSR count). The van der Waals surface area contributed by atoms with Crippen LogP contribution in [0.2, 0.25) is 5.02 Å². The first-order valence-corrected chi connectivity index (χ1v) is 10.2. The zero-order valence-electron chi connectivity index (χ0n) is 15.7. The number of halogens is 1. The zero-order valence-corrected chi connectivity index (χ0v) is 17.2. The molecule has 0 saturated heterocycles. The largest absolute Gasteiger partial charge is 0.467 e. The second-order valence-electron chi connectivity index (χ2n) is 6.32. The van der Waals surface area contributed by atoms with Crippen LogP contribution in [-0.4, -0.2) is 16.2 Å². The van der Waals surface area contributed by atoms with Gasteiger partial charge < -0.3 is 14.3 Å². The molecule has 0 saturated carbocycles. The zero-order chi connectivity index (χ0) is 20.1. The number of benzene rings is 1. The van der Waals surface area contributed by atoms with Gasteiger partial charge in [-0.15, -0.1) is 11.8 Å². The highest BCUT2D eigenvalue weighted by Crippen LogP contribution is 2.28. The summed E-state index contributed by atoms with van der Waals surface area (Å²) in [5.74, 6) is 1.76. The predicted molar refractivity (Wildman–Crippen MR) is 112 cm³/mol. The molecule has 0 aliphatic heterocycles. The smallest absolute Gasteiger partial charge is 0.226 e. The number of hydrogen-bond donors (Lipinski definition) is 1. The van der Waals surface area contributed by atoms with Crippen LogP contribution in [0.5, 0.6) is 0 Å². The maximum absolute atomic E-state index is 12.5. The molecule has 5 nitrogen and oxygen atoms in total. The molecule has 1 amide bonds. The Bertz CT molecular complexity index is 1020. The van der Waals surface area contributed by atoms with Crippen LogP contribution < -0.4 is 5.32 Å². The number of hydrogen-bond acceptors (Lipinski definition) is 4. The first kappa shape index (κ1) is 20.1. The van der Waals surface area contributed by atoms with E-state index in [1.165, 1.54) is 0 Å². The molecule has 0 radical (unpaired) electrons. The fourth-order valence-electron chi connectivity index (χ4n) is 2.90. The van der Waals surface area contributed by atoms with Crippen LogP contribution in [-0.2, 0) is 11.3 Å². The number of aromatic nitrogens is 1. The highest BCUT2D eigenvalue weighted by molar-refractivity contribution is 7.99. The quantitative estimate of drug-likeness (QED) is 0.527. The van der Waals surface area contributed by atoms with Crippen LogP contribution in [0.4, 0.5) is 5.82 Å². The van der Waals surface area contributed by atoms with Crippen molar-refractivity contribution in [1.29, 1.82) is 5.26 Å². The lowest BCUT2D eigenvalue weighted by molar-refractivity contribution is -0.115. The van der Waals surface area contributed by atoms with E-state index in [-0.39, 0.29) is 5.91 Å². The maximum atomic E-state index is 12.5. The summed E-state index contributed by atoms with van der Waals surface area (Å²) < 4.78 is 7.34. The van der Waals surface area contributed by atoms with Crippen molar-refractivity contribution >= 4 is 35.1 Å². The lowest BCUT2D eigenvalue weighted by Crippen LogP contribution is -2.17. The number of furan rings is 1. The SMILES string of the molecule is Cc1c(C#N)c(NC(=O)CCSc2cccc(Cl)c2)n(Cc2ccco2)c1C. The molecule has 28 heavy (non-hydrogen) atoms. The van der Waals surface area contributed by atoms with E-state index >= 15 is 0 Å². The Kier molecular flexibility index (Phi) is 6.50. The van der Waals surface area contributed by atoms with Crippen molar-refractivity contribution < 1.29 is 9.21 Å². The minimum absolute atomic E-state index is 0.135. The van der Waals surface area contributed by atoms with Gasteiger partial charge in [0.25, 0.3) is 0 Å². The summed E-state index contributed by atoms with van der Waals surface area (Å²) in [7, 11) is 0. The van der Waals surface area contributed by atoms with E-state index in [0.717, 1.165) is 21.9 Å². The average molecular weight is 414 g/mol. The third kappa shape index (κ3) is 4.61. The van der Waals surface area contributed by atoms with Crippen LogP contribution in [0.25, 0.3) is 0 Å². The topological polar surface area (TPSA) is 71.0 Å². The van der Waals surface area contributed by atoms with Crippen LogP contribution in [0, 0.1) is 25.2 Å². The molecular formula is C21H20ClN3O2S. The van der Waals surface area contributed by atoms with E-state index in [1.807, 2.05) is 54.8 Å². The van der Waals surface area contributed by atoms with Gasteiger partial charge in [0.2, 0.25) is 5.91 Å². The molecule has 3 aromatic rings. The van der Waals surface area contributed by atoms with Crippen molar-refractivity contribution in [1.82, 2.24) is 4.57 Å².